The van der Waals surface area contributed by atoms with Gasteiger partial charge in [0.15, 0.2) is 0 Å². The molecule has 0 aliphatic carbocycles. The van der Waals surface area contributed by atoms with Crippen LogP contribution in [0.2, 0.25) is 0 Å². The lowest BCUT2D eigenvalue weighted by molar-refractivity contribution is -0.120. The molecule has 29 heavy (non-hydrogen) atoms. The maximum Gasteiger partial charge on any atom is 0.262 e. The molecular formula is C24H22N2O3. The Bertz CT molecular complexity index is 1070. The predicted molar refractivity (Wildman–Crippen MR) is 113 cm³/mol. The van der Waals surface area contributed by atoms with E-state index in [0.29, 0.717) is 23.2 Å². The number of benzene rings is 3. The van der Waals surface area contributed by atoms with Gasteiger partial charge in [-0.1, -0.05) is 68.3 Å². The Balaban J connectivity index is 1.66. The normalized spacial score (nSPS) is 14.2. The van der Waals surface area contributed by atoms with Crippen LogP contribution in [0.3, 0.4) is 0 Å². The lowest BCUT2D eigenvalue weighted by atomic mass is 10.1. The smallest absolute Gasteiger partial charge is 0.262 e. The van der Waals surface area contributed by atoms with Crippen LogP contribution in [0.25, 0.3) is 10.8 Å². The molecule has 1 unspecified atom stereocenters. The third-order valence-corrected chi connectivity index (χ3v) is 5.32. The molecule has 0 spiro atoms. The molecule has 0 bridgehead atoms. The summed E-state index contributed by atoms with van der Waals surface area (Å²) < 4.78 is 0. The highest BCUT2D eigenvalue weighted by Crippen LogP contribution is 2.28. The lowest BCUT2D eigenvalue weighted by Gasteiger charge is -2.25. The molecule has 3 amide bonds. The fraction of sp³-hybridized carbons (Fsp3) is 0.208. The molecular weight excluding hydrogens is 364 g/mol. The highest BCUT2D eigenvalue weighted by molar-refractivity contribution is 6.23. The van der Waals surface area contributed by atoms with E-state index in [1.807, 2.05) is 49.4 Å². The quantitative estimate of drug-likeness (QED) is 0.628. The molecule has 0 aromatic heterocycles. The van der Waals surface area contributed by atoms with E-state index in [0.717, 1.165) is 28.5 Å². The van der Waals surface area contributed by atoms with E-state index in [2.05, 4.69) is 5.32 Å². The second kappa shape index (κ2) is 7.87. The van der Waals surface area contributed by atoms with Gasteiger partial charge in [-0.2, -0.15) is 0 Å². The summed E-state index contributed by atoms with van der Waals surface area (Å²) in [7, 11) is 0. The summed E-state index contributed by atoms with van der Waals surface area (Å²) in [5.74, 6) is -1.15. The van der Waals surface area contributed by atoms with Crippen molar-refractivity contribution in [2.24, 2.45) is 0 Å². The first-order chi connectivity index (χ1) is 14.1. The van der Waals surface area contributed by atoms with Crippen LogP contribution in [0, 0.1) is 0 Å². The van der Waals surface area contributed by atoms with Crippen LogP contribution >= 0.6 is 0 Å². The Morgan fingerprint density at radius 1 is 0.897 bits per heavy atom. The summed E-state index contributed by atoms with van der Waals surface area (Å²) in [6, 6.07) is 19.3. The van der Waals surface area contributed by atoms with Crippen molar-refractivity contribution < 1.29 is 14.4 Å². The Morgan fingerprint density at radius 3 is 2.21 bits per heavy atom. The van der Waals surface area contributed by atoms with Crippen LogP contribution in [0.4, 0.5) is 5.69 Å². The highest BCUT2D eigenvalue weighted by Gasteiger charge is 2.42. The molecule has 5 nitrogen and oxygen atoms in total. The van der Waals surface area contributed by atoms with Crippen molar-refractivity contribution in [3.63, 3.8) is 0 Å². The van der Waals surface area contributed by atoms with Gasteiger partial charge in [-0.3, -0.25) is 19.3 Å². The maximum atomic E-state index is 13.2. The van der Waals surface area contributed by atoms with Gasteiger partial charge in [0.25, 0.3) is 11.8 Å². The first kappa shape index (κ1) is 18.9. The highest BCUT2D eigenvalue weighted by atomic mass is 16.2. The van der Waals surface area contributed by atoms with E-state index in [1.54, 1.807) is 24.3 Å². The molecule has 146 valence electrons. The minimum Gasteiger partial charge on any atom is -0.324 e. The number of carbonyl (C=O) groups excluding carboxylic acids is 3. The van der Waals surface area contributed by atoms with Gasteiger partial charge >= 0.3 is 0 Å². The largest absolute Gasteiger partial charge is 0.324 e. The van der Waals surface area contributed by atoms with Crippen molar-refractivity contribution in [2.45, 2.75) is 32.2 Å². The topological polar surface area (TPSA) is 66.5 Å². The first-order valence-corrected chi connectivity index (χ1v) is 9.87. The molecule has 1 heterocycles. The van der Waals surface area contributed by atoms with Crippen molar-refractivity contribution in [3.05, 3.63) is 77.9 Å². The van der Waals surface area contributed by atoms with Crippen LogP contribution in [-0.2, 0) is 4.79 Å². The van der Waals surface area contributed by atoms with E-state index in [4.69, 9.17) is 0 Å². The van der Waals surface area contributed by atoms with Crippen LogP contribution in [-0.4, -0.2) is 28.7 Å². The van der Waals surface area contributed by atoms with Gasteiger partial charge in [0, 0.05) is 11.1 Å². The Kier molecular flexibility index (Phi) is 5.12. The predicted octanol–water partition coefficient (Wildman–Crippen LogP) is 4.63. The van der Waals surface area contributed by atoms with E-state index in [9.17, 15) is 14.4 Å². The molecule has 1 atom stereocenters. The molecule has 5 heteroatoms. The summed E-state index contributed by atoms with van der Waals surface area (Å²) in [6.07, 6.45) is 2.03. The van der Waals surface area contributed by atoms with Gasteiger partial charge in [0.1, 0.15) is 6.04 Å². The van der Waals surface area contributed by atoms with Gasteiger partial charge in [-0.15, -0.1) is 0 Å². The van der Waals surface area contributed by atoms with Gasteiger partial charge in [0.05, 0.1) is 11.1 Å². The van der Waals surface area contributed by atoms with Crippen molar-refractivity contribution in [1.29, 1.82) is 0 Å². The number of hydrogen-bond donors (Lipinski definition) is 1. The Labute approximate surface area is 169 Å². The number of rotatable bonds is 6. The molecule has 0 fully saturated rings. The van der Waals surface area contributed by atoms with Gasteiger partial charge < -0.3 is 5.32 Å². The van der Waals surface area contributed by atoms with Crippen LogP contribution < -0.4 is 5.32 Å². The summed E-state index contributed by atoms with van der Waals surface area (Å²) >= 11 is 0. The van der Waals surface area contributed by atoms with Crippen molar-refractivity contribution in [3.8, 4) is 0 Å². The van der Waals surface area contributed by atoms with Crippen LogP contribution in [0.15, 0.2) is 66.7 Å². The van der Waals surface area contributed by atoms with E-state index >= 15 is 0 Å². The average molecular weight is 386 g/mol. The third-order valence-electron chi connectivity index (χ3n) is 5.32. The second-order valence-electron chi connectivity index (χ2n) is 7.20. The number of hydrogen-bond acceptors (Lipinski definition) is 3. The van der Waals surface area contributed by atoms with E-state index < -0.39 is 17.9 Å². The Hall–Kier alpha value is -3.47. The zero-order valence-corrected chi connectivity index (χ0v) is 16.2. The van der Waals surface area contributed by atoms with Gasteiger partial charge in [0.2, 0.25) is 5.91 Å². The monoisotopic (exact) mass is 386 g/mol. The number of fused-ring (bicyclic) bond motifs is 2. The van der Waals surface area contributed by atoms with E-state index in [-0.39, 0.29) is 5.91 Å². The molecule has 3 aromatic rings. The molecule has 1 aliphatic heterocycles. The number of unbranched alkanes of at least 4 members (excludes halogenated alkanes) is 1. The first-order valence-electron chi connectivity index (χ1n) is 9.87. The average Bonchev–Trinajstić information content (AvgIpc) is 3.00. The second-order valence-corrected chi connectivity index (χ2v) is 7.20. The Morgan fingerprint density at radius 2 is 1.52 bits per heavy atom. The van der Waals surface area contributed by atoms with Crippen molar-refractivity contribution in [1.82, 2.24) is 4.90 Å². The molecule has 1 aliphatic rings. The zero-order valence-electron chi connectivity index (χ0n) is 16.2. The number of anilines is 1. The standard InChI is InChI=1S/C24H22N2O3/c1-2-3-15-21(26-23(28)18-12-6-7-13-19(18)24(26)29)22(27)25-20-14-8-10-16-9-4-5-11-17(16)20/h4-14,21H,2-3,15H2,1H3,(H,25,27). The number of imide groups is 1. The summed E-state index contributed by atoms with van der Waals surface area (Å²) in [5.41, 5.74) is 1.39. The minimum atomic E-state index is -0.846. The lowest BCUT2D eigenvalue weighted by Crippen LogP contribution is -2.47. The minimum absolute atomic E-state index is 0.343. The van der Waals surface area contributed by atoms with Crippen molar-refractivity contribution in [2.75, 3.05) is 5.32 Å². The number of nitrogens with one attached hydrogen (secondary N) is 1. The summed E-state index contributed by atoms with van der Waals surface area (Å²) in [6.45, 7) is 2.02. The molecule has 0 saturated carbocycles. The molecule has 0 saturated heterocycles. The fourth-order valence-corrected chi connectivity index (χ4v) is 3.82. The summed E-state index contributed by atoms with van der Waals surface area (Å²) in [5, 5.41) is 4.88. The molecule has 0 radical (unpaired) electrons. The number of nitrogens with zero attached hydrogens (tertiary/aromatic N) is 1. The molecule has 4 rings (SSSR count). The van der Waals surface area contributed by atoms with Gasteiger partial charge in [-0.05, 0) is 30.0 Å². The van der Waals surface area contributed by atoms with Crippen LogP contribution in [0.1, 0.15) is 46.9 Å². The molecule has 1 N–H and O–H groups in total. The third kappa shape index (κ3) is 3.40. The van der Waals surface area contributed by atoms with Gasteiger partial charge in [-0.25, -0.2) is 0 Å². The summed E-state index contributed by atoms with van der Waals surface area (Å²) in [4.78, 5) is 40.2. The fourth-order valence-electron chi connectivity index (χ4n) is 3.82. The number of amides is 3. The zero-order chi connectivity index (χ0) is 20.4. The SMILES string of the molecule is CCCCC(C(=O)Nc1cccc2ccccc12)N1C(=O)c2ccccc2C1=O. The van der Waals surface area contributed by atoms with Crippen molar-refractivity contribution >= 4 is 34.2 Å². The maximum absolute atomic E-state index is 13.2. The van der Waals surface area contributed by atoms with E-state index in [1.165, 1.54) is 0 Å². The number of carbonyl (C=O) groups is 3. The van der Waals surface area contributed by atoms with Crippen LogP contribution in [0.5, 0.6) is 0 Å². The molecule has 3 aromatic carbocycles.